The Labute approximate surface area is 152 Å². The molecule has 0 radical (unpaired) electrons. The number of nitrogens with two attached hydrogens (primary N) is 1. The molecule has 1 saturated carbocycles. The van der Waals surface area contributed by atoms with Gasteiger partial charge in [0.1, 0.15) is 5.82 Å². The topological polar surface area (TPSA) is 76.7 Å². The van der Waals surface area contributed by atoms with Crippen LogP contribution in [0.1, 0.15) is 47.9 Å². The van der Waals surface area contributed by atoms with Crippen LogP contribution in [0.5, 0.6) is 0 Å². The zero-order valence-corrected chi connectivity index (χ0v) is 15.9. The van der Waals surface area contributed by atoms with E-state index in [9.17, 15) is 0 Å². The molecule has 136 valence electrons. The molecule has 1 aliphatic rings. The van der Waals surface area contributed by atoms with Gasteiger partial charge in [0.15, 0.2) is 0 Å². The molecular weight excluding hydrogens is 318 g/mol. The molecule has 0 saturated heterocycles. The summed E-state index contributed by atoms with van der Waals surface area (Å²) < 4.78 is 0. The van der Waals surface area contributed by atoms with E-state index in [-0.39, 0.29) is 2.85 Å². The first-order valence-corrected chi connectivity index (χ1v) is 9.70. The van der Waals surface area contributed by atoms with Crippen LogP contribution in [0.2, 0.25) is 0 Å². The number of hydrogen-bond donors (Lipinski definition) is 2. The van der Waals surface area contributed by atoms with Gasteiger partial charge in [0.05, 0.1) is 0 Å². The molecule has 24 heavy (non-hydrogen) atoms. The van der Waals surface area contributed by atoms with Crippen molar-refractivity contribution in [2.45, 2.75) is 57.4 Å². The molecule has 5 nitrogen and oxygen atoms in total. The molecule has 0 bridgehead atoms. The highest BCUT2D eigenvalue weighted by atomic mass is 32.2. The highest BCUT2D eigenvalue weighted by Crippen LogP contribution is 2.21. The first-order chi connectivity index (χ1) is 11.7. The molecule has 0 spiro atoms. The molecule has 3 rings (SSSR count). The van der Waals surface area contributed by atoms with Gasteiger partial charge >= 0.3 is 0 Å². The maximum absolute atomic E-state index is 5.25. The van der Waals surface area contributed by atoms with Gasteiger partial charge in [0.2, 0.25) is 5.95 Å². The molecule has 0 atom stereocenters. The van der Waals surface area contributed by atoms with Crippen molar-refractivity contribution in [1.82, 2.24) is 15.0 Å². The number of pyridine rings is 1. The quantitative estimate of drug-likeness (QED) is 0.754. The van der Waals surface area contributed by atoms with Gasteiger partial charge in [-0.1, -0.05) is 32.8 Å². The highest BCUT2D eigenvalue weighted by Gasteiger charge is 2.14. The Bertz CT molecular complexity index is 561. The number of nitrogens with zero attached hydrogens (tertiary/aromatic N) is 3. The molecule has 0 amide bonds. The molecule has 6 heteroatoms. The van der Waals surface area contributed by atoms with Crippen LogP contribution in [-0.2, 0) is 0 Å². The first-order valence-electron chi connectivity index (χ1n) is 8.48. The maximum Gasteiger partial charge on any atom is 0.219 e. The van der Waals surface area contributed by atoms with Gasteiger partial charge in [0.25, 0.3) is 0 Å². The van der Waals surface area contributed by atoms with E-state index in [0.717, 1.165) is 10.7 Å². The predicted octanol–water partition coefficient (Wildman–Crippen LogP) is 5.04. The van der Waals surface area contributed by atoms with E-state index < -0.39 is 0 Å². The summed E-state index contributed by atoms with van der Waals surface area (Å²) in [7, 11) is 0. The average molecular weight is 352 g/mol. The zero-order valence-electron chi connectivity index (χ0n) is 15.1. The van der Waals surface area contributed by atoms with Crippen molar-refractivity contribution in [1.29, 1.82) is 0 Å². The molecule has 2 heterocycles. The normalized spacial score (nSPS) is 13.3. The lowest BCUT2D eigenvalue weighted by atomic mass is 10.2. The van der Waals surface area contributed by atoms with E-state index in [1.807, 2.05) is 26.3 Å². The van der Waals surface area contributed by atoms with Crippen LogP contribution in [0.25, 0.3) is 0 Å². The van der Waals surface area contributed by atoms with Gasteiger partial charge in [-0.2, -0.15) is 0 Å². The second-order valence-electron chi connectivity index (χ2n) is 5.33. The van der Waals surface area contributed by atoms with Crippen LogP contribution in [-0.4, -0.2) is 27.2 Å². The molecule has 0 aromatic carbocycles. The van der Waals surface area contributed by atoms with Gasteiger partial charge < -0.3 is 11.1 Å². The Hall–Kier alpha value is -1.82. The van der Waals surface area contributed by atoms with Crippen LogP contribution in [0, 0.1) is 6.92 Å². The van der Waals surface area contributed by atoms with E-state index in [4.69, 9.17) is 5.73 Å². The summed E-state index contributed by atoms with van der Waals surface area (Å²) in [5.41, 5.74) is 6.47. The van der Waals surface area contributed by atoms with Crippen molar-refractivity contribution in [2.24, 2.45) is 0 Å². The van der Waals surface area contributed by atoms with E-state index >= 15 is 0 Å². The summed E-state index contributed by atoms with van der Waals surface area (Å²) in [6.07, 6.45) is 12.6. The lowest BCUT2D eigenvalue weighted by molar-refractivity contribution is 0.750. The number of thioether (sulfide) groups is 1. The third-order valence-electron chi connectivity index (χ3n) is 3.50. The average Bonchev–Trinajstić information content (AvgIpc) is 3.13. The van der Waals surface area contributed by atoms with Crippen molar-refractivity contribution < 1.29 is 2.85 Å². The van der Waals surface area contributed by atoms with Crippen molar-refractivity contribution in [3.05, 3.63) is 36.3 Å². The highest BCUT2D eigenvalue weighted by molar-refractivity contribution is 7.98. The second kappa shape index (κ2) is 11.7. The van der Waals surface area contributed by atoms with Crippen molar-refractivity contribution >= 4 is 23.5 Å². The van der Waals surface area contributed by atoms with Crippen molar-refractivity contribution in [3.63, 3.8) is 0 Å². The lowest BCUT2D eigenvalue weighted by Crippen LogP contribution is -2.15. The van der Waals surface area contributed by atoms with Crippen LogP contribution >= 0.6 is 11.8 Å². The zero-order chi connectivity index (χ0) is 17.8. The number of anilines is 2. The summed E-state index contributed by atoms with van der Waals surface area (Å²) in [5, 5.41) is 3.46. The fourth-order valence-electron chi connectivity index (χ4n) is 2.26. The number of aromatic nitrogens is 3. The van der Waals surface area contributed by atoms with Crippen molar-refractivity contribution in [3.8, 4) is 0 Å². The largest absolute Gasteiger partial charge is 0.368 e. The standard InChI is InChI=1S/C11H16N2.C5H7N3S.C2H6.2H2/c1-9-6-7-11(12-8-9)13-10-4-2-3-5-10;1-9-4-2-7-5(6)8-3-4;1-2;;/h6-8,10H,2-5H2,1H3,(H,12,13);2-3H,1H3,(H2,6,7,8);1-2H3;2*1H. The van der Waals surface area contributed by atoms with Crippen molar-refractivity contribution in [2.75, 3.05) is 17.3 Å². The Kier molecular flexibility index (Phi) is 9.84. The van der Waals surface area contributed by atoms with E-state index in [1.54, 1.807) is 24.2 Å². The predicted molar refractivity (Wildman–Crippen MR) is 109 cm³/mol. The minimum absolute atomic E-state index is 0. The Morgan fingerprint density at radius 1 is 1.08 bits per heavy atom. The Morgan fingerprint density at radius 2 is 1.71 bits per heavy atom. The second-order valence-corrected chi connectivity index (χ2v) is 6.21. The lowest BCUT2D eigenvalue weighted by Gasteiger charge is -2.11. The Morgan fingerprint density at radius 3 is 2.21 bits per heavy atom. The molecule has 0 aliphatic heterocycles. The van der Waals surface area contributed by atoms with Gasteiger partial charge in [0, 0.05) is 32.4 Å². The number of aryl methyl sites for hydroxylation is 1. The van der Waals surface area contributed by atoms with Gasteiger partial charge in [-0.15, -0.1) is 11.8 Å². The summed E-state index contributed by atoms with van der Waals surface area (Å²) in [4.78, 5) is 13.0. The molecule has 1 aliphatic carbocycles. The Balaban J connectivity index is 0. The molecule has 2 aromatic rings. The van der Waals surface area contributed by atoms with Crippen LogP contribution in [0.4, 0.5) is 11.8 Å². The molecule has 3 N–H and O–H groups in total. The summed E-state index contributed by atoms with van der Waals surface area (Å²) >= 11 is 1.60. The molecular formula is C18H33N5S. The van der Waals surface area contributed by atoms with E-state index in [0.29, 0.717) is 12.0 Å². The van der Waals surface area contributed by atoms with Crippen LogP contribution in [0.15, 0.2) is 35.6 Å². The third-order valence-corrected chi connectivity index (χ3v) is 4.18. The molecule has 1 fully saturated rings. The molecule has 0 unspecified atom stereocenters. The minimum atomic E-state index is 0. The summed E-state index contributed by atoms with van der Waals surface area (Å²) in [5.74, 6) is 1.35. The van der Waals surface area contributed by atoms with E-state index in [1.165, 1.54) is 31.2 Å². The van der Waals surface area contributed by atoms with Crippen LogP contribution < -0.4 is 11.1 Å². The smallest absolute Gasteiger partial charge is 0.219 e. The summed E-state index contributed by atoms with van der Waals surface area (Å²) in [6.45, 7) is 6.06. The number of nitrogen functional groups attached to an aromatic ring is 1. The monoisotopic (exact) mass is 351 g/mol. The van der Waals surface area contributed by atoms with Gasteiger partial charge in [-0.25, -0.2) is 15.0 Å². The minimum Gasteiger partial charge on any atom is -0.368 e. The fraction of sp³-hybridized carbons (Fsp3) is 0.500. The first kappa shape index (κ1) is 20.2. The molecule has 2 aromatic heterocycles. The maximum atomic E-state index is 5.25. The summed E-state index contributed by atoms with van der Waals surface area (Å²) in [6, 6.07) is 4.83. The van der Waals surface area contributed by atoms with E-state index in [2.05, 4.69) is 39.3 Å². The van der Waals surface area contributed by atoms with Gasteiger partial charge in [-0.05, 0) is 37.7 Å². The number of rotatable bonds is 3. The van der Waals surface area contributed by atoms with Gasteiger partial charge in [-0.3, -0.25) is 0 Å². The van der Waals surface area contributed by atoms with Crippen LogP contribution in [0.3, 0.4) is 0 Å². The number of nitrogens with one attached hydrogen (secondary N) is 1. The fourth-order valence-corrected chi connectivity index (χ4v) is 2.58. The third kappa shape index (κ3) is 7.64. The SMILES string of the molecule is CC.CSc1cnc(N)nc1.Cc1ccc(NC2CCCC2)nc1.[HH].[HH]. The number of hydrogen-bond acceptors (Lipinski definition) is 6.